The summed E-state index contributed by atoms with van der Waals surface area (Å²) >= 11 is 0. The summed E-state index contributed by atoms with van der Waals surface area (Å²) < 4.78 is 13.3. The molecular weight excluding hydrogens is 269 g/mol. The smallest absolute Gasteiger partial charge is 0.124 e. The lowest BCUT2D eigenvalue weighted by atomic mass is 9.91. The van der Waals surface area contributed by atoms with Crippen LogP contribution in [-0.2, 0) is 0 Å². The van der Waals surface area contributed by atoms with Crippen LogP contribution >= 0.6 is 0 Å². The van der Waals surface area contributed by atoms with Crippen molar-refractivity contribution in [3.63, 3.8) is 0 Å². The van der Waals surface area contributed by atoms with E-state index >= 15 is 0 Å². The lowest BCUT2D eigenvalue weighted by Crippen LogP contribution is -2.57. The second-order valence-electron chi connectivity index (χ2n) is 5.99. The predicted octanol–water partition coefficient (Wildman–Crippen LogP) is 1.59. The van der Waals surface area contributed by atoms with Gasteiger partial charge in [0.2, 0.25) is 0 Å². The Labute approximate surface area is 124 Å². The first kappa shape index (κ1) is 14.3. The fourth-order valence-corrected chi connectivity index (χ4v) is 3.50. The van der Waals surface area contributed by atoms with Crippen LogP contribution < -0.4 is 4.90 Å². The predicted molar refractivity (Wildman–Crippen MR) is 78.5 cm³/mol. The molecule has 2 aliphatic rings. The van der Waals surface area contributed by atoms with Crippen molar-refractivity contribution in [3.8, 4) is 6.07 Å². The van der Waals surface area contributed by atoms with E-state index < -0.39 is 0 Å². The van der Waals surface area contributed by atoms with Crippen LogP contribution in [0.25, 0.3) is 0 Å². The number of fused-ring (bicyclic) bond motifs is 1. The van der Waals surface area contributed by atoms with Gasteiger partial charge in [-0.15, -0.1) is 0 Å². The van der Waals surface area contributed by atoms with E-state index in [1.165, 1.54) is 12.1 Å². The van der Waals surface area contributed by atoms with Gasteiger partial charge in [0, 0.05) is 38.8 Å². The third-order valence-corrected chi connectivity index (χ3v) is 4.68. The molecule has 1 aromatic carbocycles. The highest BCUT2D eigenvalue weighted by Gasteiger charge is 2.33. The number of hydrogen-bond donors (Lipinski definition) is 1. The number of piperidine rings is 1. The van der Waals surface area contributed by atoms with Gasteiger partial charge in [-0.25, -0.2) is 4.39 Å². The summed E-state index contributed by atoms with van der Waals surface area (Å²) in [6.07, 6.45) is 2.13. The molecule has 4 nitrogen and oxygen atoms in total. The molecule has 2 atom stereocenters. The van der Waals surface area contributed by atoms with Crippen LogP contribution in [0, 0.1) is 23.1 Å². The fraction of sp³-hybridized carbons (Fsp3) is 0.562. The number of halogens is 1. The molecule has 2 fully saturated rings. The molecule has 5 heteroatoms. The van der Waals surface area contributed by atoms with Gasteiger partial charge < -0.3 is 10.0 Å². The van der Waals surface area contributed by atoms with Crippen molar-refractivity contribution in [2.45, 2.75) is 18.9 Å². The van der Waals surface area contributed by atoms with Gasteiger partial charge in [-0.05, 0) is 37.0 Å². The lowest BCUT2D eigenvalue weighted by molar-refractivity contribution is 0.0674. The molecular formula is C16H20FN3O. The molecule has 2 aliphatic heterocycles. The number of aliphatic hydroxyl groups is 1. The highest BCUT2D eigenvalue weighted by molar-refractivity contribution is 5.59. The zero-order chi connectivity index (χ0) is 14.8. The maximum atomic E-state index is 13.3. The molecule has 0 radical (unpaired) electrons. The monoisotopic (exact) mass is 289 g/mol. The van der Waals surface area contributed by atoms with Crippen LogP contribution in [0.2, 0.25) is 0 Å². The van der Waals surface area contributed by atoms with E-state index in [1.54, 1.807) is 6.07 Å². The van der Waals surface area contributed by atoms with E-state index in [0.29, 0.717) is 17.5 Å². The van der Waals surface area contributed by atoms with Crippen molar-refractivity contribution in [3.05, 3.63) is 29.6 Å². The highest BCUT2D eigenvalue weighted by atomic mass is 19.1. The van der Waals surface area contributed by atoms with E-state index in [-0.39, 0.29) is 12.4 Å². The Balaban J connectivity index is 1.74. The molecule has 0 spiro atoms. The van der Waals surface area contributed by atoms with E-state index in [1.807, 2.05) is 0 Å². The summed E-state index contributed by atoms with van der Waals surface area (Å²) in [6.45, 7) is 3.88. The Bertz CT molecular complexity index is 557. The van der Waals surface area contributed by atoms with Crippen LogP contribution in [0.1, 0.15) is 18.4 Å². The SMILES string of the molecule is N#Cc1cc(F)ccc1N1CCN2CC(CO)CCC2C1. The third kappa shape index (κ3) is 2.87. The average molecular weight is 289 g/mol. The highest BCUT2D eigenvalue weighted by Crippen LogP contribution is 2.29. The van der Waals surface area contributed by atoms with Gasteiger partial charge in [0.1, 0.15) is 11.9 Å². The fourth-order valence-electron chi connectivity index (χ4n) is 3.50. The first-order chi connectivity index (χ1) is 10.2. The zero-order valence-corrected chi connectivity index (χ0v) is 12.0. The van der Waals surface area contributed by atoms with Gasteiger partial charge in [-0.3, -0.25) is 4.90 Å². The minimum Gasteiger partial charge on any atom is -0.396 e. The summed E-state index contributed by atoms with van der Waals surface area (Å²) in [6, 6.07) is 7.01. The summed E-state index contributed by atoms with van der Waals surface area (Å²) in [4.78, 5) is 4.63. The number of hydrogen-bond acceptors (Lipinski definition) is 4. The molecule has 2 unspecified atom stereocenters. The van der Waals surface area contributed by atoms with Crippen LogP contribution in [0.15, 0.2) is 18.2 Å². The molecule has 0 saturated carbocycles. The number of aliphatic hydroxyl groups excluding tert-OH is 1. The van der Waals surface area contributed by atoms with Gasteiger partial charge in [-0.2, -0.15) is 5.26 Å². The molecule has 1 aromatic rings. The number of nitriles is 1. The third-order valence-electron chi connectivity index (χ3n) is 4.68. The molecule has 2 saturated heterocycles. The maximum Gasteiger partial charge on any atom is 0.124 e. The number of benzene rings is 1. The van der Waals surface area contributed by atoms with Crippen molar-refractivity contribution in [1.82, 2.24) is 4.90 Å². The van der Waals surface area contributed by atoms with E-state index in [0.717, 1.165) is 44.7 Å². The quantitative estimate of drug-likeness (QED) is 0.898. The molecule has 0 aromatic heterocycles. The lowest BCUT2D eigenvalue weighted by Gasteiger charge is -2.47. The van der Waals surface area contributed by atoms with Crippen molar-refractivity contribution in [2.24, 2.45) is 5.92 Å². The standard InChI is InChI=1S/C16H20FN3O/c17-14-2-4-16(13(7-14)8-18)20-6-5-19-9-12(11-21)1-3-15(19)10-20/h2,4,7,12,15,21H,1,3,5-6,9-11H2. The summed E-state index contributed by atoms with van der Waals surface area (Å²) in [5.41, 5.74) is 1.25. The molecule has 0 aliphatic carbocycles. The number of anilines is 1. The molecule has 0 amide bonds. The van der Waals surface area contributed by atoms with Crippen molar-refractivity contribution in [1.29, 1.82) is 5.26 Å². The van der Waals surface area contributed by atoms with Gasteiger partial charge in [-0.1, -0.05) is 0 Å². The molecule has 0 bridgehead atoms. The van der Waals surface area contributed by atoms with Crippen molar-refractivity contribution in [2.75, 3.05) is 37.7 Å². The second-order valence-corrected chi connectivity index (χ2v) is 5.99. The Morgan fingerprint density at radius 1 is 1.29 bits per heavy atom. The first-order valence-corrected chi connectivity index (χ1v) is 7.50. The van der Waals surface area contributed by atoms with Crippen molar-refractivity contribution >= 4 is 5.69 Å². The van der Waals surface area contributed by atoms with E-state index in [9.17, 15) is 14.8 Å². The van der Waals surface area contributed by atoms with Crippen LogP contribution in [0.3, 0.4) is 0 Å². The van der Waals surface area contributed by atoms with Gasteiger partial charge in [0.05, 0.1) is 11.3 Å². The normalized spacial score (nSPS) is 26.2. The molecule has 3 rings (SSSR count). The van der Waals surface area contributed by atoms with Gasteiger partial charge in [0.15, 0.2) is 0 Å². The van der Waals surface area contributed by atoms with Gasteiger partial charge in [0.25, 0.3) is 0 Å². The summed E-state index contributed by atoms with van der Waals surface area (Å²) in [5, 5.41) is 18.5. The molecule has 1 N–H and O–H groups in total. The Hall–Kier alpha value is -1.64. The topological polar surface area (TPSA) is 50.5 Å². The maximum absolute atomic E-state index is 13.3. The minimum absolute atomic E-state index is 0.267. The Morgan fingerprint density at radius 3 is 2.90 bits per heavy atom. The Kier molecular flexibility index (Phi) is 4.09. The summed E-state index contributed by atoms with van der Waals surface area (Å²) in [5.74, 6) is 0.0330. The van der Waals surface area contributed by atoms with Crippen LogP contribution in [-0.4, -0.2) is 48.8 Å². The molecule has 21 heavy (non-hydrogen) atoms. The van der Waals surface area contributed by atoms with E-state index in [4.69, 9.17) is 0 Å². The number of nitrogens with zero attached hydrogens (tertiary/aromatic N) is 3. The zero-order valence-electron chi connectivity index (χ0n) is 12.0. The van der Waals surface area contributed by atoms with Crippen molar-refractivity contribution < 1.29 is 9.50 Å². The minimum atomic E-state index is -0.364. The second kappa shape index (κ2) is 6.00. The Morgan fingerprint density at radius 2 is 2.14 bits per heavy atom. The number of rotatable bonds is 2. The number of piperazine rings is 1. The largest absolute Gasteiger partial charge is 0.396 e. The van der Waals surface area contributed by atoms with Crippen LogP contribution in [0.4, 0.5) is 10.1 Å². The average Bonchev–Trinajstić information content (AvgIpc) is 2.53. The van der Waals surface area contributed by atoms with E-state index in [2.05, 4.69) is 15.9 Å². The first-order valence-electron chi connectivity index (χ1n) is 7.50. The van der Waals surface area contributed by atoms with Gasteiger partial charge >= 0.3 is 0 Å². The van der Waals surface area contributed by atoms with Crippen LogP contribution in [0.5, 0.6) is 0 Å². The molecule has 112 valence electrons. The summed E-state index contributed by atoms with van der Waals surface area (Å²) in [7, 11) is 0. The molecule has 2 heterocycles.